The van der Waals surface area contributed by atoms with Crippen LogP contribution in [0.25, 0.3) is 11.1 Å². The Morgan fingerprint density at radius 1 is 1.16 bits per heavy atom. The molecule has 2 heterocycles. The summed E-state index contributed by atoms with van der Waals surface area (Å²) in [6, 6.07) is 13.2. The molecule has 8 heteroatoms. The van der Waals surface area contributed by atoms with Crippen LogP contribution >= 0.6 is 0 Å². The number of hydrogen-bond acceptors (Lipinski definition) is 4. The monoisotopic (exact) mass is 522 g/mol. The van der Waals surface area contributed by atoms with E-state index in [1.807, 2.05) is 55.9 Å². The zero-order valence-electron chi connectivity index (χ0n) is 22.9. The fraction of sp³-hybridized carbons (Fsp3) is 0.433. The maximum atomic E-state index is 14.1. The number of aromatic nitrogens is 2. The minimum atomic E-state index is -3.25. The van der Waals surface area contributed by atoms with E-state index in [1.165, 1.54) is 6.92 Å². The molecule has 1 aromatic heterocycles. The summed E-state index contributed by atoms with van der Waals surface area (Å²) in [7, 11) is 3.56. The minimum absolute atomic E-state index is 0.0280. The Labute approximate surface area is 223 Å². The number of benzene rings is 2. The van der Waals surface area contributed by atoms with Crippen LogP contribution in [0.1, 0.15) is 61.2 Å². The molecule has 6 nitrogen and oxygen atoms in total. The van der Waals surface area contributed by atoms with E-state index in [0.29, 0.717) is 12.8 Å². The van der Waals surface area contributed by atoms with Crippen LogP contribution in [0.5, 0.6) is 5.75 Å². The van der Waals surface area contributed by atoms with E-state index in [4.69, 9.17) is 9.73 Å². The molecular formula is C30H36F2N4O2. The van der Waals surface area contributed by atoms with Gasteiger partial charge < -0.3 is 10.1 Å². The molecular weight excluding hydrogens is 486 g/mol. The molecule has 202 valence electrons. The number of nitrogens with zero attached hydrogens (tertiary/aromatic N) is 3. The largest absolute Gasteiger partial charge is 0.433 e. The maximum Gasteiger partial charge on any atom is 0.397 e. The number of aryl methyl sites for hydroxylation is 2. The van der Waals surface area contributed by atoms with Gasteiger partial charge in [-0.05, 0) is 55.9 Å². The Hall–Kier alpha value is -3.55. The number of carbonyl (C=O) groups is 1. The summed E-state index contributed by atoms with van der Waals surface area (Å²) in [6.45, 7) is 7.55. The first-order valence-corrected chi connectivity index (χ1v) is 13.1. The zero-order valence-corrected chi connectivity index (χ0v) is 22.9. The number of alkyl halides is 2. The van der Waals surface area contributed by atoms with Crippen LogP contribution in [-0.2, 0) is 18.3 Å². The van der Waals surface area contributed by atoms with Crippen molar-refractivity contribution in [3.8, 4) is 16.9 Å². The second-order valence-electron chi connectivity index (χ2n) is 10.1. The van der Waals surface area contributed by atoms with Gasteiger partial charge in [-0.2, -0.15) is 13.9 Å². The molecule has 1 aliphatic rings. The average molecular weight is 523 g/mol. The molecule has 2 unspecified atom stereocenters. The van der Waals surface area contributed by atoms with Crippen LogP contribution < -0.4 is 10.1 Å². The third-order valence-corrected chi connectivity index (χ3v) is 7.41. The van der Waals surface area contributed by atoms with Gasteiger partial charge in [-0.15, -0.1) is 0 Å². The van der Waals surface area contributed by atoms with Gasteiger partial charge in [0.2, 0.25) is 5.91 Å². The lowest BCUT2D eigenvalue weighted by atomic mass is 9.90. The van der Waals surface area contributed by atoms with Crippen molar-refractivity contribution in [1.29, 1.82) is 0 Å². The zero-order chi connectivity index (χ0) is 27.6. The Morgan fingerprint density at radius 2 is 1.84 bits per heavy atom. The molecule has 0 aliphatic carbocycles. The van der Waals surface area contributed by atoms with Gasteiger partial charge in [0, 0.05) is 49.3 Å². The Morgan fingerprint density at radius 3 is 2.45 bits per heavy atom. The molecule has 0 spiro atoms. The van der Waals surface area contributed by atoms with E-state index in [0.717, 1.165) is 51.3 Å². The molecule has 0 bridgehead atoms. The van der Waals surface area contributed by atoms with Crippen LogP contribution in [0, 0.1) is 19.8 Å². The van der Waals surface area contributed by atoms with E-state index < -0.39 is 12.5 Å². The lowest BCUT2D eigenvalue weighted by Crippen LogP contribution is -2.23. The topological polar surface area (TPSA) is 68.5 Å². The van der Waals surface area contributed by atoms with Crippen molar-refractivity contribution in [1.82, 2.24) is 15.1 Å². The number of fused-ring (bicyclic) bond motifs is 1. The fourth-order valence-electron chi connectivity index (χ4n) is 5.08. The van der Waals surface area contributed by atoms with Gasteiger partial charge >= 0.3 is 6.11 Å². The van der Waals surface area contributed by atoms with Crippen molar-refractivity contribution in [3.63, 3.8) is 0 Å². The molecule has 0 saturated heterocycles. The molecule has 3 aromatic rings. The van der Waals surface area contributed by atoms with E-state index in [1.54, 1.807) is 19.2 Å². The summed E-state index contributed by atoms with van der Waals surface area (Å²) in [4.78, 5) is 17.1. The molecule has 0 saturated carbocycles. The van der Waals surface area contributed by atoms with Crippen molar-refractivity contribution in [2.24, 2.45) is 18.0 Å². The van der Waals surface area contributed by atoms with E-state index in [9.17, 15) is 13.6 Å². The predicted molar refractivity (Wildman–Crippen MR) is 146 cm³/mol. The first-order valence-electron chi connectivity index (χ1n) is 13.1. The van der Waals surface area contributed by atoms with Crippen molar-refractivity contribution in [3.05, 3.63) is 70.5 Å². The van der Waals surface area contributed by atoms with Crippen molar-refractivity contribution >= 4 is 11.6 Å². The van der Waals surface area contributed by atoms with Crippen LogP contribution in [0.4, 0.5) is 8.78 Å². The van der Waals surface area contributed by atoms with Crippen molar-refractivity contribution in [2.75, 3.05) is 7.05 Å². The molecule has 38 heavy (non-hydrogen) atoms. The molecule has 1 N–H and O–H groups in total. The summed E-state index contributed by atoms with van der Waals surface area (Å²) in [6.07, 6.45) is -1.98. The molecule has 0 fully saturated rings. The highest BCUT2D eigenvalue weighted by molar-refractivity contribution is 6.14. The molecule has 2 aromatic carbocycles. The van der Waals surface area contributed by atoms with Crippen molar-refractivity contribution in [2.45, 2.75) is 65.5 Å². The standard InChI is InChI=1S/C30H36F2N4O2/c1-7-30(31,32)38-24-13-12-23-16-18(2)26(14-15-27(37)33-5)34-29(25(23)17-24)22-10-8-21(9-11-22)28-19(3)35-36(6)20(28)4/h8-13,17-18,26H,7,14-16H2,1-6H3,(H,33,37). The fourth-order valence-corrected chi connectivity index (χ4v) is 5.08. The van der Waals surface area contributed by atoms with Gasteiger partial charge in [0.05, 0.1) is 17.4 Å². The first kappa shape index (κ1) is 27.5. The number of carbonyl (C=O) groups excluding carboxylic acids is 1. The van der Waals surface area contributed by atoms with E-state index >= 15 is 0 Å². The van der Waals surface area contributed by atoms with Gasteiger partial charge in [-0.1, -0.05) is 44.2 Å². The first-order chi connectivity index (χ1) is 18.0. The molecule has 4 rings (SSSR count). The highest BCUT2D eigenvalue weighted by Gasteiger charge is 2.30. The van der Waals surface area contributed by atoms with Crippen LogP contribution in [0.15, 0.2) is 47.5 Å². The number of ether oxygens (including phenoxy) is 1. The number of aliphatic imine (C=N–C) groups is 1. The highest BCUT2D eigenvalue weighted by Crippen LogP contribution is 2.34. The Bertz CT molecular complexity index is 1350. The van der Waals surface area contributed by atoms with Crippen molar-refractivity contribution < 1.29 is 18.3 Å². The molecule has 1 amide bonds. The third kappa shape index (κ3) is 5.79. The van der Waals surface area contributed by atoms with Crippen LogP contribution in [0.3, 0.4) is 0 Å². The Kier molecular flexibility index (Phi) is 7.99. The summed E-state index contributed by atoms with van der Waals surface area (Å²) < 4.78 is 35.1. The molecule has 0 radical (unpaired) electrons. The van der Waals surface area contributed by atoms with E-state index in [-0.39, 0.29) is 23.6 Å². The summed E-state index contributed by atoms with van der Waals surface area (Å²) >= 11 is 0. The van der Waals surface area contributed by atoms with E-state index in [2.05, 4.69) is 17.3 Å². The summed E-state index contributed by atoms with van der Waals surface area (Å²) in [5.74, 6) is 0.248. The number of hydrogen-bond donors (Lipinski definition) is 1. The third-order valence-electron chi connectivity index (χ3n) is 7.41. The molecule has 2 atom stereocenters. The van der Waals surface area contributed by atoms with Gasteiger partial charge in [0.25, 0.3) is 0 Å². The van der Waals surface area contributed by atoms with Gasteiger partial charge in [-0.3, -0.25) is 14.5 Å². The SMILES string of the molecule is CCC(F)(F)Oc1ccc2c(c1)C(c1ccc(-c3c(C)nn(C)c3C)cc1)=NC(CCC(=O)NC)C(C)C2. The normalized spacial score (nSPS) is 17.4. The van der Waals surface area contributed by atoms with Gasteiger partial charge in [0.15, 0.2) is 0 Å². The average Bonchev–Trinajstić information content (AvgIpc) is 3.06. The van der Waals surface area contributed by atoms with Crippen LogP contribution in [0.2, 0.25) is 0 Å². The minimum Gasteiger partial charge on any atom is -0.433 e. The number of rotatable bonds is 8. The maximum absolute atomic E-state index is 14.1. The van der Waals surface area contributed by atoms with Gasteiger partial charge in [0.1, 0.15) is 5.75 Å². The number of nitrogens with one attached hydrogen (secondary N) is 1. The van der Waals surface area contributed by atoms with Gasteiger partial charge in [-0.25, -0.2) is 0 Å². The smallest absolute Gasteiger partial charge is 0.397 e. The summed E-state index contributed by atoms with van der Waals surface area (Å²) in [5, 5.41) is 7.21. The number of halogens is 2. The Balaban J connectivity index is 1.79. The van der Waals surface area contributed by atoms with Crippen LogP contribution in [-0.4, -0.2) is 40.6 Å². The lowest BCUT2D eigenvalue weighted by molar-refractivity contribution is -0.177. The number of amides is 1. The quantitative estimate of drug-likeness (QED) is 0.394. The molecule has 1 aliphatic heterocycles. The lowest BCUT2D eigenvalue weighted by Gasteiger charge is -2.19. The second-order valence-corrected chi connectivity index (χ2v) is 10.1. The summed E-state index contributed by atoms with van der Waals surface area (Å²) in [5.41, 5.74) is 7.59. The second kappa shape index (κ2) is 11.1. The highest BCUT2D eigenvalue weighted by atomic mass is 19.3. The predicted octanol–water partition coefficient (Wildman–Crippen LogP) is 6.01.